The molecule has 18 heavy (non-hydrogen) atoms. The highest BCUT2D eigenvalue weighted by molar-refractivity contribution is 4.83. The van der Waals surface area contributed by atoms with E-state index in [1.54, 1.807) is 0 Å². The maximum atomic E-state index is 3.56. The first kappa shape index (κ1) is 14.3. The molecule has 1 saturated heterocycles. The number of nitrogens with zero attached hydrogens (tertiary/aromatic N) is 1. The largest absolute Gasteiger partial charge is 0.316 e. The minimum atomic E-state index is 0.710. The van der Waals surface area contributed by atoms with Crippen LogP contribution in [0.1, 0.15) is 59.3 Å². The lowest BCUT2D eigenvalue weighted by molar-refractivity contribution is 0.0797. The maximum Gasteiger partial charge on any atom is 0.0101 e. The van der Waals surface area contributed by atoms with Gasteiger partial charge in [0.2, 0.25) is 0 Å². The first-order valence-electron chi connectivity index (χ1n) is 8.13. The van der Waals surface area contributed by atoms with Gasteiger partial charge in [-0.05, 0) is 64.5 Å². The average Bonchev–Trinajstić information content (AvgIpc) is 2.37. The van der Waals surface area contributed by atoms with Crippen LogP contribution in [-0.2, 0) is 0 Å². The number of hydrogen-bond donors (Lipinski definition) is 1. The van der Waals surface area contributed by atoms with Crippen LogP contribution in [0.4, 0.5) is 0 Å². The van der Waals surface area contributed by atoms with Gasteiger partial charge in [-0.3, -0.25) is 4.90 Å². The molecular formula is C16H32N2. The average molecular weight is 252 g/mol. The highest BCUT2D eigenvalue weighted by Gasteiger charge is 2.28. The van der Waals surface area contributed by atoms with Gasteiger partial charge in [0.25, 0.3) is 0 Å². The van der Waals surface area contributed by atoms with Gasteiger partial charge >= 0.3 is 0 Å². The number of nitrogens with one attached hydrogen (secondary N) is 1. The molecule has 2 fully saturated rings. The van der Waals surface area contributed by atoms with E-state index in [1.807, 2.05) is 0 Å². The molecule has 1 saturated carbocycles. The van der Waals surface area contributed by atoms with E-state index >= 15 is 0 Å². The molecule has 0 amide bonds. The van der Waals surface area contributed by atoms with Gasteiger partial charge in [-0.1, -0.05) is 19.8 Å². The zero-order valence-corrected chi connectivity index (χ0v) is 12.6. The van der Waals surface area contributed by atoms with Crippen molar-refractivity contribution in [3.63, 3.8) is 0 Å². The van der Waals surface area contributed by atoms with E-state index in [4.69, 9.17) is 0 Å². The Hall–Kier alpha value is -0.0800. The van der Waals surface area contributed by atoms with Gasteiger partial charge in [0, 0.05) is 18.6 Å². The normalized spacial score (nSPS) is 34.2. The lowest BCUT2D eigenvalue weighted by Crippen LogP contribution is -2.47. The van der Waals surface area contributed by atoms with E-state index in [1.165, 1.54) is 58.2 Å². The SMILES string of the molecule is CC1CCCC(N(CC2CCCNC2)C(C)C)C1. The topological polar surface area (TPSA) is 15.3 Å². The van der Waals surface area contributed by atoms with E-state index in [0.717, 1.165) is 17.9 Å². The second kappa shape index (κ2) is 6.91. The van der Waals surface area contributed by atoms with Crippen molar-refractivity contribution < 1.29 is 0 Å². The molecule has 0 bridgehead atoms. The fraction of sp³-hybridized carbons (Fsp3) is 1.00. The van der Waals surface area contributed by atoms with Gasteiger partial charge in [0.1, 0.15) is 0 Å². The first-order valence-corrected chi connectivity index (χ1v) is 8.13. The number of piperidine rings is 1. The molecule has 1 N–H and O–H groups in total. The van der Waals surface area contributed by atoms with Crippen molar-refractivity contribution in [1.82, 2.24) is 10.2 Å². The summed E-state index contributed by atoms with van der Waals surface area (Å²) in [7, 11) is 0. The van der Waals surface area contributed by atoms with Crippen molar-refractivity contribution >= 4 is 0 Å². The second-order valence-electron chi connectivity index (χ2n) is 6.93. The minimum Gasteiger partial charge on any atom is -0.316 e. The molecule has 1 aliphatic heterocycles. The molecule has 0 spiro atoms. The second-order valence-corrected chi connectivity index (χ2v) is 6.93. The number of rotatable bonds is 4. The Morgan fingerprint density at radius 3 is 2.61 bits per heavy atom. The summed E-state index contributed by atoms with van der Waals surface area (Å²) in [5, 5.41) is 3.56. The smallest absolute Gasteiger partial charge is 0.0101 e. The predicted molar refractivity (Wildman–Crippen MR) is 78.9 cm³/mol. The Kier molecular flexibility index (Phi) is 5.50. The zero-order valence-electron chi connectivity index (χ0n) is 12.6. The molecule has 2 rings (SSSR count). The van der Waals surface area contributed by atoms with Gasteiger partial charge < -0.3 is 5.32 Å². The van der Waals surface area contributed by atoms with Gasteiger partial charge in [-0.2, -0.15) is 0 Å². The summed E-state index contributed by atoms with van der Waals surface area (Å²) in [6.45, 7) is 11.0. The third-order valence-corrected chi connectivity index (χ3v) is 4.91. The van der Waals surface area contributed by atoms with E-state index in [2.05, 4.69) is 31.0 Å². The standard InChI is InChI=1S/C16H32N2/c1-13(2)18(12-15-7-5-9-17-11-15)16-8-4-6-14(3)10-16/h13-17H,4-12H2,1-3H3. The highest BCUT2D eigenvalue weighted by Crippen LogP contribution is 2.29. The Morgan fingerprint density at radius 2 is 2.00 bits per heavy atom. The Labute approximate surface area is 114 Å². The summed E-state index contributed by atoms with van der Waals surface area (Å²) >= 11 is 0. The Balaban J connectivity index is 1.89. The van der Waals surface area contributed by atoms with Crippen LogP contribution in [0.3, 0.4) is 0 Å². The summed E-state index contributed by atoms with van der Waals surface area (Å²) in [5.41, 5.74) is 0. The van der Waals surface area contributed by atoms with Crippen molar-refractivity contribution in [2.24, 2.45) is 11.8 Å². The molecule has 0 aromatic carbocycles. The zero-order chi connectivity index (χ0) is 13.0. The first-order chi connectivity index (χ1) is 8.66. The molecule has 2 heteroatoms. The lowest BCUT2D eigenvalue weighted by atomic mass is 9.85. The van der Waals surface area contributed by atoms with Crippen LogP contribution in [-0.4, -0.2) is 36.6 Å². The van der Waals surface area contributed by atoms with Crippen LogP contribution < -0.4 is 5.32 Å². The third-order valence-electron chi connectivity index (χ3n) is 4.91. The van der Waals surface area contributed by atoms with Crippen molar-refractivity contribution in [1.29, 1.82) is 0 Å². The van der Waals surface area contributed by atoms with Gasteiger partial charge in [0.15, 0.2) is 0 Å². The Bertz CT molecular complexity index is 233. The molecule has 0 radical (unpaired) electrons. The molecule has 0 aromatic heterocycles. The van der Waals surface area contributed by atoms with Crippen molar-refractivity contribution in [3.05, 3.63) is 0 Å². The summed E-state index contributed by atoms with van der Waals surface area (Å²) in [6, 6.07) is 1.57. The molecule has 0 aromatic rings. The summed E-state index contributed by atoms with van der Waals surface area (Å²) in [4.78, 5) is 2.81. The van der Waals surface area contributed by atoms with Crippen LogP contribution in [0.25, 0.3) is 0 Å². The van der Waals surface area contributed by atoms with Crippen molar-refractivity contribution in [2.75, 3.05) is 19.6 Å². The van der Waals surface area contributed by atoms with Crippen LogP contribution in [0.5, 0.6) is 0 Å². The van der Waals surface area contributed by atoms with Crippen LogP contribution >= 0.6 is 0 Å². The molecular weight excluding hydrogens is 220 g/mol. The van der Waals surface area contributed by atoms with Crippen LogP contribution in [0, 0.1) is 11.8 Å². The molecule has 1 aliphatic carbocycles. The maximum absolute atomic E-state index is 3.56. The minimum absolute atomic E-state index is 0.710. The van der Waals surface area contributed by atoms with E-state index in [9.17, 15) is 0 Å². The monoisotopic (exact) mass is 252 g/mol. The molecule has 1 heterocycles. The quantitative estimate of drug-likeness (QED) is 0.826. The molecule has 2 nitrogen and oxygen atoms in total. The summed E-state index contributed by atoms with van der Waals surface area (Å²) in [6.07, 6.45) is 8.56. The lowest BCUT2D eigenvalue weighted by Gasteiger charge is -2.41. The number of hydrogen-bond acceptors (Lipinski definition) is 2. The Morgan fingerprint density at radius 1 is 1.17 bits per heavy atom. The van der Waals surface area contributed by atoms with E-state index < -0.39 is 0 Å². The summed E-state index contributed by atoms with van der Waals surface area (Å²) < 4.78 is 0. The van der Waals surface area contributed by atoms with Gasteiger partial charge in [-0.15, -0.1) is 0 Å². The molecule has 3 unspecified atom stereocenters. The van der Waals surface area contributed by atoms with Crippen molar-refractivity contribution in [2.45, 2.75) is 71.4 Å². The van der Waals surface area contributed by atoms with Crippen molar-refractivity contribution in [3.8, 4) is 0 Å². The highest BCUT2D eigenvalue weighted by atomic mass is 15.2. The van der Waals surface area contributed by atoms with Crippen LogP contribution in [0.2, 0.25) is 0 Å². The fourth-order valence-corrected chi connectivity index (χ4v) is 3.86. The molecule has 106 valence electrons. The molecule has 2 aliphatic rings. The van der Waals surface area contributed by atoms with Gasteiger partial charge in [-0.25, -0.2) is 0 Å². The predicted octanol–water partition coefficient (Wildman–Crippen LogP) is 3.28. The fourth-order valence-electron chi connectivity index (χ4n) is 3.86. The van der Waals surface area contributed by atoms with E-state index in [0.29, 0.717) is 6.04 Å². The van der Waals surface area contributed by atoms with Crippen LogP contribution in [0.15, 0.2) is 0 Å². The van der Waals surface area contributed by atoms with Gasteiger partial charge in [0.05, 0.1) is 0 Å². The summed E-state index contributed by atoms with van der Waals surface area (Å²) in [5.74, 6) is 1.83. The third kappa shape index (κ3) is 3.96. The molecule has 3 atom stereocenters. The van der Waals surface area contributed by atoms with E-state index in [-0.39, 0.29) is 0 Å².